The zero-order valence-electron chi connectivity index (χ0n) is 17.0. The van der Waals surface area contributed by atoms with Crippen LogP contribution in [0, 0.1) is 11.7 Å². The first-order valence-electron chi connectivity index (χ1n) is 10.0. The monoisotopic (exact) mass is 420 g/mol. The molecule has 0 atom stereocenters. The maximum Gasteiger partial charge on any atom is 0.223 e. The number of rotatable bonds is 7. The van der Waals surface area contributed by atoms with Crippen LogP contribution in [0.3, 0.4) is 0 Å². The van der Waals surface area contributed by atoms with Crippen LogP contribution in [-0.4, -0.2) is 51.8 Å². The Balaban J connectivity index is 1.36. The standard InChI is InChI=1S/C22H21FN6O2/c1-30-21-5-2-14(8-17(21)23)11-29-20-4-3-16(9-19(20)27-28-29)18-6-7-24-22(26-18)25-10-15-12-31-13-15/h2-9,15H,10-13H2,1H3,(H,24,25,26). The number of methoxy groups -OCH3 is 1. The maximum atomic E-state index is 14.0. The summed E-state index contributed by atoms with van der Waals surface area (Å²) in [5, 5.41) is 11.8. The molecule has 1 saturated heterocycles. The first-order chi connectivity index (χ1) is 15.2. The molecule has 0 spiro atoms. The fraction of sp³-hybridized carbons (Fsp3) is 0.273. The van der Waals surface area contributed by atoms with Crippen LogP contribution in [0.2, 0.25) is 0 Å². The number of fused-ring (bicyclic) bond motifs is 1. The highest BCUT2D eigenvalue weighted by atomic mass is 19.1. The van der Waals surface area contributed by atoms with Crippen molar-refractivity contribution in [2.75, 3.05) is 32.2 Å². The molecule has 0 unspecified atom stereocenters. The number of benzene rings is 2. The van der Waals surface area contributed by atoms with E-state index in [1.807, 2.05) is 30.3 Å². The molecule has 0 radical (unpaired) electrons. The predicted molar refractivity (Wildman–Crippen MR) is 113 cm³/mol. The van der Waals surface area contributed by atoms with Gasteiger partial charge in [0.05, 0.1) is 38.1 Å². The third-order valence-corrected chi connectivity index (χ3v) is 5.27. The molecule has 1 N–H and O–H groups in total. The van der Waals surface area contributed by atoms with Crippen molar-refractivity contribution in [1.82, 2.24) is 25.0 Å². The van der Waals surface area contributed by atoms with Gasteiger partial charge in [0, 0.05) is 24.2 Å². The highest BCUT2D eigenvalue weighted by Gasteiger charge is 2.18. The van der Waals surface area contributed by atoms with E-state index in [1.165, 1.54) is 13.2 Å². The van der Waals surface area contributed by atoms with Gasteiger partial charge in [-0.05, 0) is 35.9 Å². The Morgan fingerprint density at radius 3 is 2.87 bits per heavy atom. The van der Waals surface area contributed by atoms with Crippen molar-refractivity contribution in [3.05, 3.63) is 60.0 Å². The first kappa shape index (κ1) is 19.4. The van der Waals surface area contributed by atoms with Crippen LogP contribution in [0.5, 0.6) is 5.75 Å². The second-order valence-electron chi connectivity index (χ2n) is 7.47. The van der Waals surface area contributed by atoms with E-state index in [1.54, 1.807) is 16.9 Å². The maximum absolute atomic E-state index is 14.0. The number of ether oxygens (including phenoxy) is 2. The number of nitrogens with one attached hydrogen (secondary N) is 1. The second kappa shape index (κ2) is 8.27. The lowest BCUT2D eigenvalue weighted by atomic mass is 10.1. The normalized spacial score (nSPS) is 13.9. The predicted octanol–water partition coefficient (Wildman–Crippen LogP) is 3.14. The molecule has 0 bridgehead atoms. The van der Waals surface area contributed by atoms with Crippen molar-refractivity contribution in [3.8, 4) is 17.0 Å². The molecular formula is C22H21FN6O2. The van der Waals surface area contributed by atoms with Crippen molar-refractivity contribution >= 4 is 17.0 Å². The lowest BCUT2D eigenvalue weighted by molar-refractivity contribution is -0.0249. The van der Waals surface area contributed by atoms with Crippen LogP contribution in [0.15, 0.2) is 48.7 Å². The Hall–Kier alpha value is -3.59. The van der Waals surface area contributed by atoms with Crippen LogP contribution >= 0.6 is 0 Å². The summed E-state index contributed by atoms with van der Waals surface area (Å²) < 4.78 is 25.9. The molecule has 2 aromatic carbocycles. The van der Waals surface area contributed by atoms with Crippen molar-refractivity contribution in [3.63, 3.8) is 0 Å². The summed E-state index contributed by atoms with van der Waals surface area (Å²) >= 11 is 0. The Morgan fingerprint density at radius 2 is 2.10 bits per heavy atom. The average Bonchev–Trinajstić information content (AvgIpc) is 3.15. The number of hydrogen-bond acceptors (Lipinski definition) is 7. The summed E-state index contributed by atoms with van der Waals surface area (Å²) in [4.78, 5) is 8.90. The first-order valence-corrected chi connectivity index (χ1v) is 10.0. The Labute approximate surface area is 178 Å². The minimum atomic E-state index is -0.398. The van der Waals surface area contributed by atoms with Gasteiger partial charge in [-0.2, -0.15) is 0 Å². The zero-order chi connectivity index (χ0) is 21.2. The number of halogens is 1. The van der Waals surface area contributed by atoms with Crippen molar-refractivity contribution < 1.29 is 13.9 Å². The van der Waals surface area contributed by atoms with E-state index >= 15 is 0 Å². The van der Waals surface area contributed by atoms with E-state index in [9.17, 15) is 4.39 Å². The zero-order valence-corrected chi connectivity index (χ0v) is 17.0. The van der Waals surface area contributed by atoms with E-state index in [0.29, 0.717) is 18.4 Å². The molecular weight excluding hydrogens is 399 g/mol. The fourth-order valence-corrected chi connectivity index (χ4v) is 3.47. The van der Waals surface area contributed by atoms with Crippen molar-refractivity contribution in [2.24, 2.45) is 5.92 Å². The largest absolute Gasteiger partial charge is 0.494 e. The molecule has 3 heterocycles. The Morgan fingerprint density at radius 1 is 1.19 bits per heavy atom. The van der Waals surface area contributed by atoms with Gasteiger partial charge in [0.25, 0.3) is 0 Å². The minimum Gasteiger partial charge on any atom is -0.494 e. The minimum absolute atomic E-state index is 0.219. The lowest BCUT2D eigenvalue weighted by Crippen LogP contribution is -2.33. The van der Waals surface area contributed by atoms with Crippen LogP contribution in [0.1, 0.15) is 5.56 Å². The van der Waals surface area contributed by atoms with Gasteiger partial charge in [-0.15, -0.1) is 5.10 Å². The van der Waals surface area contributed by atoms with Gasteiger partial charge in [0.15, 0.2) is 11.6 Å². The van der Waals surface area contributed by atoms with Crippen LogP contribution in [0.4, 0.5) is 10.3 Å². The second-order valence-corrected chi connectivity index (χ2v) is 7.47. The van der Waals surface area contributed by atoms with Crippen molar-refractivity contribution in [2.45, 2.75) is 6.54 Å². The molecule has 0 saturated carbocycles. The van der Waals surface area contributed by atoms with Gasteiger partial charge in [0.1, 0.15) is 5.52 Å². The average molecular weight is 420 g/mol. The molecule has 4 aromatic rings. The molecule has 158 valence electrons. The van der Waals surface area contributed by atoms with Gasteiger partial charge in [-0.3, -0.25) is 0 Å². The van der Waals surface area contributed by atoms with Crippen LogP contribution in [0.25, 0.3) is 22.3 Å². The number of hydrogen-bond donors (Lipinski definition) is 1. The smallest absolute Gasteiger partial charge is 0.223 e. The van der Waals surface area contributed by atoms with E-state index < -0.39 is 5.82 Å². The van der Waals surface area contributed by atoms with Crippen LogP contribution < -0.4 is 10.1 Å². The fourth-order valence-electron chi connectivity index (χ4n) is 3.47. The van der Waals surface area contributed by atoms with Gasteiger partial charge in [0.2, 0.25) is 5.95 Å². The van der Waals surface area contributed by atoms with Gasteiger partial charge >= 0.3 is 0 Å². The number of nitrogens with zero attached hydrogens (tertiary/aromatic N) is 5. The van der Waals surface area contributed by atoms with E-state index in [-0.39, 0.29) is 5.75 Å². The highest BCUT2D eigenvalue weighted by Crippen LogP contribution is 2.24. The van der Waals surface area contributed by atoms with E-state index in [4.69, 9.17) is 9.47 Å². The topological polar surface area (TPSA) is 87.0 Å². The summed E-state index contributed by atoms with van der Waals surface area (Å²) in [6, 6.07) is 12.6. The molecule has 0 amide bonds. The number of aromatic nitrogens is 5. The Bertz CT molecular complexity index is 1220. The van der Waals surface area contributed by atoms with E-state index in [2.05, 4.69) is 25.6 Å². The van der Waals surface area contributed by atoms with Gasteiger partial charge in [-0.1, -0.05) is 17.3 Å². The van der Waals surface area contributed by atoms with E-state index in [0.717, 1.165) is 47.6 Å². The van der Waals surface area contributed by atoms with Gasteiger partial charge < -0.3 is 14.8 Å². The molecule has 0 aliphatic carbocycles. The number of anilines is 1. The summed E-state index contributed by atoms with van der Waals surface area (Å²) in [5.74, 6) is 0.925. The van der Waals surface area contributed by atoms with Gasteiger partial charge in [-0.25, -0.2) is 19.0 Å². The quantitative estimate of drug-likeness (QED) is 0.491. The molecule has 8 nitrogen and oxygen atoms in total. The van der Waals surface area contributed by atoms with Crippen LogP contribution in [-0.2, 0) is 11.3 Å². The summed E-state index contributed by atoms with van der Waals surface area (Å²) in [6.45, 7) is 2.76. The molecule has 5 rings (SSSR count). The molecule has 1 aliphatic heterocycles. The summed E-state index contributed by atoms with van der Waals surface area (Å²) in [7, 11) is 1.45. The molecule has 2 aromatic heterocycles. The third kappa shape index (κ3) is 4.04. The lowest BCUT2D eigenvalue weighted by Gasteiger charge is -2.25. The SMILES string of the molecule is COc1ccc(Cn2nnc3cc(-c4ccnc(NCC5COC5)n4)ccc32)cc1F. The summed E-state index contributed by atoms with van der Waals surface area (Å²) in [5.41, 5.74) is 4.10. The molecule has 9 heteroatoms. The molecule has 31 heavy (non-hydrogen) atoms. The highest BCUT2D eigenvalue weighted by molar-refractivity contribution is 5.80. The third-order valence-electron chi connectivity index (χ3n) is 5.27. The van der Waals surface area contributed by atoms with Crippen molar-refractivity contribution in [1.29, 1.82) is 0 Å². The molecule has 1 aliphatic rings. The molecule has 1 fully saturated rings. The Kier molecular flexibility index (Phi) is 5.17. The summed E-state index contributed by atoms with van der Waals surface area (Å²) in [6.07, 6.45) is 1.74.